The first-order valence-electron chi connectivity index (χ1n) is 9.19. The summed E-state index contributed by atoms with van der Waals surface area (Å²) in [7, 11) is 0. The summed E-state index contributed by atoms with van der Waals surface area (Å²) in [6, 6.07) is 5.98. The SMILES string of the molecule is CC.CCc1cc(CSC[C@H](N)C(=O)O)cc(CN2CCNCC2)c1. The Bertz CT molecular complexity index is 519. The van der Waals surface area contributed by atoms with Crippen LogP contribution in [-0.4, -0.2) is 53.9 Å². The van der Waals surface area contributed by atoms with Crippen LogP contribution in [0, 0.1) is 0 Å². The first-order valence-corrected chi connectivity index (χ1v) is 10.3. The van der Waals surface area contributed by atoms with Gasteiger partial charge in [0.25, 0.3) is 0 Å². The van der Waals surface area contributed by atoms with Crippen LogP contribution in [0.5, 0.6) is 0 Å². The van der Waals surface area contributed by atoms with Crippen LogP contribution < -0.4 is 11.1 Å². The van der Waals surface area contributed by atoms with E-state index in [0.29, 0.717) is 5.75 Å². The molecular weight excluding hydrogens is 334 g/mol. The van der Waals surface area contributed by atoms with Gasteiger partial charge in [-0.05, 0) is 23.1 Å². The van der Waals surface area contributed by atoms with Gasteiger partial charge in [0, 0.05) is 44.2 Å². The molecule has 0 amide bonds. The molecule has 0 spiro atoms. The minimum atomic E-state index is -0.931. The summed E-state index contributed by atoms with van der Waals surface area (Å²) in [4.78, 5) is 13.2. The van der Waals surface area contributed by atoms with E-state index in [0.717, 1.165) is 44.9 Å². The number of hydrogen-bond donors (Lipinski definition) is 3. The van der Waals surface area contributed by atoms with Gasteiger partial charge in [0.1, 0.15) is 6.04 Å². The van der Waals surface area contributed by atoms with Gasteiger partial charge >= 0.3 is 5.97 Å². The molecule has 0 saturated carbocycles. The van der Waals surface area contributed by atoms with E-state index in [4.69, 9.17) is 10.8 Å². The number of hydrogen-bond acceptors (Lipinski definition) is 5. The lowest BCUT2D eigenvalue weighted by atomic mass is 10.0. The highest BCUT2D eigenvalue weighted by Gasteiger charge is 2.13. The van der Waals surface area contributed by atoms with Crippen molar-refractivity contribution in [1.82, 2.24) is 10.2 Å². The lowest BCUT2D eigenvalue weighted by molar-refractivity contribution is -0.137. The molecule has 1 atom stereocenters. The zero-order valence-electron chi connectivity index (χ0n) is 15.8. The van der Waals surface area contributed by atoms with E-state index in [1.807, 2.05) is 13.8 Å². The highest BCUT2D eigenvalue weighted by atomic mass is 32.2. The summed E-state index contributed by atoms with van der Waals surface area (Å²) in [6.07, 6.45) is 1.02. The molecule has 1 saturated heterocycles. The number of nitrogens with two attached hydrogens (primary N) is 1. The molecule has 25 heavy (non-hydrogen) atoms. The van der Waals surface area contributed by atoms with Gasteiger partial charge in [-0.3, -0.25) is 9.69 Å². The summed E-state index contributed by atoms with van der Waals surface area (Å²) in [5.41, 5.74) is 9.51. The van der Waals surface area contributed by atoms with Crippen molar-refractivity contribution in [2.75, 3.05) is 31.9 Å². The molecule has 6 heteroatoms. The smallest absolute Gasteiger partial charge is 0.321 e. The maximum Gasteiger partial charge on any atom is 0.321 e. The Morgan fingerprint density at radius 2 is 1.84 bits per heavy atom. The van der Waals surface area contributed by atoms with Crippen LogP contribution in [0.1, 0.15) is 37.5 Å². The average molecular weight is 368 g/mol. The Balaban J connectivity index is 0.00000151. The number of nitrogens with zero attached hydrogens (tertiary/aromatic N) is 1. The van der Waals surface area contributed by atoms with Crippen molar-refractivity contribution in [2.45, 2.75) is 45.5 Å². The second kappa shape index (κ2) is 12.3. The Morgan fingerprint density at radius 1 is 1.24 bits per heavy atom. The summed E-state index contributed by atoms with van der Waals surface area (Å²) in [5, 5.41) is 12.2. The third kappa shape index (κ3) is 8.23. The minimum absolute atomic E-state index is 0.443. The number of thioether (sulfide) groups is 1. The molecule has 1 aliphatic rings. The normalized spacial score (nSPS) is 16.0. The zero-order valence-corrected chi connectivity index (χ0v) is 16.6. The van der Waals surface area contributed by atoms with Crippen LogP contribution >= 0.6 is 11.8 Å². The molecule has 1 heterocycles. The fraction of sp³-hybridized carbons (Fsp3) is 0.632. The van der Waals surface area contributed by atoms with Crippen molar-refractivity contribution in [2.24, 2.45) is 5.73 Å². The molecule has 1 aromatic rings. The van der Waals surface area contributed by atoms with Crippen molar-refractivity contribution >= 4 is 17.7 Å². The van der Waals surface area contributed by atoms with Gasteiger partial charge in [-0.1, -0.05) is 39.0 Å². The maximum atomic E-state index is 10.8. The molecule has 0 aromatic heterocycles. The summed E-state index contributed by atoms with van der Waals surface area (Å²) >= 11 is 1.59. The highest BCUT2D eigenvalue weighted by Crippen LogP contribution is 2.19. The molecule has 1 aromatic carbocycles. The van der Waals surface area contributed by atoms with E-state index in [2.05, 4.69) is 35.3 Å². The van der Waals surface area contributed by atoms with Crippen molar-refractivity contribution in [1.29, 1.82) is 0 Å². The average Bonchev–Trinajstić information content (AvgIpc) is 2.63. The predicted molar refractivity (Wildman–Crippen MR) is 107 cm³/mol. The van der Waals surface area contributed by atoms with Gasteiger partial charge in [0.05, 0.1) is 0 Å². The lowest BCUT2D eigenvalue weighted by Gasteiger charge is -2.27. The van der Waals surface area contributed by atoms with Crippen LogP contribution in [0.15, 0.2) is 18.2 Å². The largest absolute Gasteiger partial charge is 0.480 e. The van der Waals surface area contributed by atoms with Crippen molar-refractivity contribution in [3.05, 3.63) is 34.9 Å². The first-order chi connectivity index (χ1) is 12.1. The van der Waals surface area contributed by atoms with Crippen LogP contribution in [-0.2, 0) is 23.5 Å². The topological polar surface area (TPSA) is 78.6 Å². The third-order valence-corrected chi connectivity index (χ3v) is 5.15. The number of aryl methyl sites for hydroxylation is 1. The molecule has 1 fully saturated rings. The molecule has 2 rings (SSSR count). The fourth-order valence-electron chi connectivity index (χ4n) is 2.72. The maximum absolute atomic E-state index is 10.8. The quantitative estimate of drug-likeness (QED) is 0.654. The van der Waals surface area contributed by atoms with Crippen molar-refractivity contribution in [3.63, 3.8) is 0 Å². The van der Waals surface area contributed by atoms with E-state index in [1.165, 1.54) is 16.7 Å². The Kier molecular flexibility index (Phi) is 10.8. The minimum Gasteiger partial charge on any atom is -0.480 e. The Labute approximate surface area is 156 Å². The number of benzene rings is 1. The second-order valence-electron chi connectivity index (χ2n) is 6.00. The van der Waals surface area contributed by atoms with Gasteiger partial charge < -0.3 is 16.2 Å². The second-order valence-corrected chi connectivity index (χ2v) is 7.03. The number of carbonyl (C=O) groups is 1. The van der Waals surface area contributed by atoms with Crippen LogP contribution in [0.4, 0.5) is 0 Å². The molecular formula is C19H33N3O2S. The zero-order chi connectivity index (χ0) is 18.7. The summed E-state index contributed by atoms with van der Waals surface area (Å²) in [5.74, 6) is 0.321. The van der Waals surface area contributed by atoms with Crippen molar-refractivity contribution in [3.8, 4) is 0 Å². The number of carboxylic acid groups (broad SMARTS) is 1. The van der Waals surface area contributed by atoms with Gasteiger partial charge in [0.15, 0.2) is 0 Å². The molecule has 0 aliphatic carbocycles. The third-order valence-electron chi connectivity index (χ3n) is 4.02. The Hall–Kier alpha value is -1.08. The number of piperazine rings is 1. The van der Waals surface area contributed by atoms with Crippen LogP contribution in [0.3, 0.4) is 0 Å². The molecule has 1 aliphatic heterocycles. The van der Waals surface area contributed by atoms with E-state index in [-0.39, 0.29) is 0 Å². The van der Waals surface area contributed by atoms with Gasteiger partial charge in [-0.2, -0.15) is 11.8 Å². The molecule has 4 N–H and O–H groups in total. The lowest BCUT2D eigenvalue weighted by Crippen LogP contribution is -2.42. The first kappa shape index (κ1) is 22.0. The Morgan fingerprint density at radius 3 is 2.44 bits per heavy atom. The van der Waals surface area contributed by atoms with Crippen molar-refractivity contribution < 1.29 is 9.90 Å². The van der Waals surface area contributed by atoms with Crippen LogP contribution in [0.2, 0.25) is 0 Å². The van der Waals surface area contributed by atoms with E-state index in [9.17, 15) is 4.79 Å². The van der Waals surface area contributed by atoms with E-state index >= 15 is 0 Å². The van der Waals surface area contributed by atoms with Gasteiger partial charge in [-0.15, -0.1) is 0 Å². The van der Waals surface area contributed by atoms with E-state index in [1.54, 1.807) is 11.8 Å². The molecule has 142 valence electrons. The highest BCUT2D eigenvalue weighted by molar-refractivity contribution is 7.98. The standard InChI is InChI=1S/C17H27N3O2S.C2H6/c1-2-13-7-14(10-20-5-3-19-4-6-20)9-15(8-13)11-23-12-16(18)17(21)22;1-2/h7-9,16,19H,2-6,10-12,18H2,1H3,(H,21,22);1-2H3/t16-;/m0./s1. The molecule has 0 unspecified atom stereocenters. The number of nitrogens with one attached hydrogen (secondary N) is 1. The fourth-order valence-corrected chi connectivity index (χ4v) is 3.64. The molecule has 5 nitrogen and oxygen atoms in total. The summed E-state index contributed by atoms with van der Waals surface area (Å²) in [6.45, 7) is 11.5. The molecule has 0 radical (unpaired) electrons. The predicted octanol–water partition coefficient (Wildman–Crippen LogP) is 2.33. The number of aliphatic carboxylic acids is 1. The monoisotopic (exact) mass is 367 g/mol. The summed E-state index contributed by atoms with van der Waals surface area (Å²) < 4.78 is 0. The van der Waals surface area contributed by atoms with Gasteiger partial charge in [0.2, 0.25) is 0 Å². The van der Waals surface area contributed by atoms with Crippen LogP contribution in [0.25, 0.3) is 0 Å². The molecule has 0 bridgehead atoms. The number of rotatable bonds is 8. The van der Waals surface area contributed by atoms with Gasteiger partial charge in [-0.25, -0.2) is 0 Å². The van der Waals surface area contributed by atoms with E-state index < -0.39 is 12.0 Å². The number of carboxylic acids is 1.